The van der Waals surface area contributed by atoms with E-state index >= 15 is 0 Å². The maximum atomic E-state index is 12.4. The first-order valence-electron chi connectivity index (χ1n) is 9.02. The van der Waals surface area contributed by atoms with Crippen LogP contribution < -0.4 is 20.3 Å². The fourth-order valence-corrected chi connectivity index (χ4v) is 4.33. The van der Waals surface area contributed by atoms with Gasteiger partial charge in [-0.2, -0.15) is 0 Å². The molecule has 0 bridgehead atoms. The largest absolute Gasteiger partial charge is 0.497 e. The fraction of sp³-hybridized carbons (Fsp3) is 0.400. The molecule has 6 nitrogen and oxygen atoms in total. The van der Waals surface area contributed by atoms with Crippen LogP contribution in [0.5, 0.6) is 11.5 Å². The Balaban J connectivity index is 1.57. The van der Waals surface area contributed by atoms with Crippen molar-refractivity contribution in [2.24, 2.45) is 0 Å². The SMILES string of the molecule is COc1ccc(CC(=O)NNC(=O)c2cc3c(s2)CCCCC3)c(OC)c1. The molecule has 0 atom stereocenters. The normalized spacial score (nSPS) is 13.3. The number of nitrogens with one attached hydrogen (secondary N) is 2. The summed E-state index contributed by atoms with van der Waals surface area (Å²) in [5.41, 5.74) is 6.98. The standard InChI is InChI=1S/C20H24N2O4S/c1-25-15-9-8-13(16(12-15)26-2)11-19(23)21-22-20(24)18-10-14-6-4-3-5-7-17(14)27-18/h8-10,12H,3-7,11H2,1-2H3,(H,21,23)(H,22,24). The average Bonchev–Trinajstić information content (AvgIpc) is 2.97. The minimum atomic E-state index is -0.315. The first kappa shape index (κ1) is 19.2. The Morgan fingerprint density at radius 1 is 1.04 bits per heavy atom. The van der Waals surface area contributed by atoms with Gasteiger partial charge in [-0.25, -0.2) is 0 Å². The zero-order chi connectivity index (χ0) is 19.2. The van der Waals surface area contributed by atoms with Gasteiger partial charge in [0.1, 0.15) is 11.5 Å². The molecule has 7 heteroatoms. The highest BCUT2D eigenvalue weighted by Gasteiger charge is 2.17. The number of fused-ring (bicyclic) bond motifs is 1. The smallest absolute Gasteiger partial charge is 0.279 e. The summed E-state index contributed by atoms with van der Waals surface area (Å²) in [5.74, 6) is 0.632. The lowest BCUT2D eigenvalue weighted by atomic mass is 10.1. The Morgan fingerprint density at radius 3 is 2.63 bits per heavy atom. The van der Waals surface area contributed by atoms with Gasteiger partial charge in [0.25, 0.3) is 5.91 Å². The summed E-state index contributed by atoms with van der Waals surface area (Å²) in [6.07, 6.45) is 5.75. The van der Waals surface area contributed by atoms with Crippen molar-refractivity contribution in [2.75, 3.05) is 14.2 Å². The van der Waals surface area contributed by atoms with Gasteiger partial charge in [0.15, 0.2) is 0 Å². The first-order chi connectivity index (χ1) is 13.1. The van der Waals surface area contributed by atoms with Crippen molar-refractivity contribution in [3.05, 3.63) is 45.1 Å². The highest BCUT2D eigenvalue weighted by Crippen LogP contribution is 2.29. The Kier molecular flexibility index (Phi) is 6.34. The number of carbonyl (C=O) groups excluding carboxylic acids is 2. The van der Waals surface area contributed by atoms with Crippen LogP contribution >= 0.6 is 11.3 Å². The predicted molar refractivity (Wildman–Crippen MR) is 104 cm³/mol. The summed E-state index contributed by atoms with van der Waals surface area (Å²) >= 11 is 1.53. The zero-order valence-electron chi connectivity index (χ0n) is 15.6. The number of carbonyl (C=O) groups is 2. The van der Waals surface area contributed by atoms with Crippen molar-refractivity contribution < 1.29 is 19.1 Å². The highest BCUT2D eigenvalue weighted by atomic mass is 32.1. The molecule has 1 aliphatic rings. The van der Waals surface area contributed by atoms with Crippen molar-refractivity contribution in [1.29, 1.82) is 0 Å². The van der Waals surface area contributed by atoms with E-state index in [9.17, 15) is 9.59 Å². The number of hydrogen-bond donors (Lipinski definition) is 2. The average molecular weight is 388 g/mol. The van der Waals surface area contributed by atoms with Crippen LogP contribution in [0.4, 0.5) is 0 Å². The fourth-order valence-electron chi connectivity index (χ4n) is 3.18. The highest BCUT2D eigenvalue weighted by molar-refractivity contribution is 7.14. The minimum absolute atomic E-state index is 0.0917. The lowest BCUT2D eigenvalue weighted by Crippen LogP contribution is -2.42. The minimum Gasteiger partial charge on any atom is -0.497 e. The molecular weight excluding hydrogens is 364 g/mol. The summed E-state index contributed by atoms with van der Waals surface area (Å²) in [5, 5.41) is 0. The molecule has 2 aromatic rings. The number of thiophene rings is 1. The molecule has 0 radical (unpaired) electrons. The number of rotatable bonds is 5. The monoisotopic (exact) mass is 388 g/mol. The molecule has 0 fully saturated rings. The molecule has 1 aromatic carbocycles. The third kappa shape index (κ3) is 4.80. The van der Waals surface area contributed by atoms with Crippen LogP contribution in [0.15, 0.2) is 24.3 Å². The molecule has 144 valence electrons. The number of ether oxygens (including phenoxy) is 2. The summed E-state index contributed by atoms with van der Waals surface area (Å²) in [6.45, 7) is 0. The molecule has 3 rings (SSSR count). The van der Waals surface area contributed by atoms with E-state index in [0.717, 1.165) is 12.8 Å². The molecule has 0 unspecified atom stereocenters. The summed E-state index contributed by atoms with van der Waals surface area (Å²) < 4.78 is 10.4. The van der Waals surface area contributed by atoms with E-state index < -0.39 is 0 Å². The molecule has 2 N–H and O–H groups in total. The van der Waals surface area contributed by atoms with Crippen LogP contribution in [0.25, 0.3) is 0 Å². The van der Waals surface area contributed by atoms with Gasteiger partial charge in [-0.3, -0.25) is 20.4 Å². The molecule has 2 amide bonds. The van der Waals surface area contributed by atoms with E-state index in [1.165, 1.54) is 41.0 Å². The van der Waals surface area contributed by atoms with Crippen LogP contribution in [0.3, 0.4) is 0 Å². The van der Waals surface area contributed by atoms with E-state index in [1.54, 1.807) is 32.4 Å². The topological polar surface area (TPSA) is 76.7 Å². The van der Waals surface area contributed by atoms with E-state index in [1.807, 2.05) is 6.07 Å². The van der Waals surface area contributed by atoms with Gasteiger partial charge in [-0.15, -0.1) is 11.3 Å². The number of hydrogen-bond acceptors (Lipinski definition) is 5. The molecule has 0 saturated carbocycles. The van der Waals surface area contributed by atoms with Gasteiger partial charge in [-0.1, -0.05) is 12.5 Å². The maximum absolute atomic E-state index is 12.4. The second-order valence-electron chi connectivity index (χ2n) is 6.48. The van der Waals surface area contributed by atoms with Gasteiger partial charge < -0.3 is 9.47 Å². The maximum Gasteiger partial charge on any atom is 0.279 e. The lowest BCUT2D eigenvalue weighted by Gasteiger charge is -2.11. The van der Waals surface area contributed by atoms with E-state index in [2.05, 4.69) is 10.9 Å². The van der Waals surface area contributed by atoms with Gasteiger partial charge in [0, 0.05) is 16.5 Å². The Bertz CT molecular complexity index is 808. The van der Waals surface area contributed by atoms with Crippen molar-refractivity contribution >= 4 is 23.2 Å². The Morgan fingerprint density at radius 2 is 1.85 bits per heavy atom. The molecule has 1 aromatic heterocycles. The van der Waals surface area contributed by atoms with Crippen LogP contribution in [0.1, 0.15) is 44.9 Å². The van der Waals surface area contributed by atoms with Crippen LogP contribution in [-0.4, -0.2) is 26.0 Å². The number of methoxy groups -OCH3 is 2. The van der Waals surface area contributed by atoms with Crippen molar-refractivity contribution in [3.8, 4) is 11.5 Å². The van der Waals surface area contributed by atoms with E-state index in [4.69, 9.17) is 9.47 Å². The Labute approximate surface area is 162 Å². The molecule has 1 heterocycles. The first-order valence-corrected chi connectivity index (χ1v) is 9.84. The third-order valence-corrected chi connectivity index (χ3v) is 5.87. The van der Waals surface area contributed by atoms with Crippen LogP contribution in [0, 0.1) is 0 Å². The summed E-state index contributed by atoms with van der Waals surface area (Å²) in [4.78, 5) is 26.5. The van der Waals surface area contributed by atoms with E-state index in [-0.39, 0.29) is 18.2 Å². The summed E-state index contributed by atoms with van der Waals surface area (Å²) in [7, 11) is 3.11. The molecule has 0 aliphatic heterocycles. The number of amides is 2. The van der Waals surface area contributed by atoms with Crippen molar-refractivity contribution in [2.45, 2.75) is 38.5 Å². The number of benzene rings is 1. The molecule has 27 heavy (non-hydrogen) atoms. The van der Waals surface area contributed by atoms with Gasteiger partial charge in [0.2, 0.25) is 5.91 Å². The second-order valence-corrected chi connectivity index (χ2v) is 7.61. The quantitative estimate of drug-likeness (QED) is 0.610. The van der Waals surface area contributed by atoms with Gasteiger partial charge >= 0.3 is 0 Å². The number of hydrazine groups is 1. The Hall–Kier alpha value is -2.54. The third-order valence-electron chi connectivity index (χ3n) is 4.63. The molecule has 1 aliphatic carbocycles. The number of aryl methyl sites for hydroxylation is 2. The van der Waals surface area contributed by atoms with Crippen molar-refractivity contribution in [3.63, 3.8) is 0 Å². The van der Waals surface area contributed by atoms with Gasteiger partial charge in [0.05, 0.1) is 25.5 Å². The lowest BCUT2D eigenvalue weighted by molar-refractivity contribution is -0.121. The molecule has 0 saturated heterocycles. The van der Waals surface area contributed by atoms with Gasteiger partial charge in [-0.05, 0) is 43.4 Å². The van der Waals surface area contributed by atoms with E-state index in [0.29, 0.717) is 21.9 Å². The summed E-state index contributed by atoms with van der Waals surface area (Å²) in [6, 6.07) is 7.22. The molecule has 0 spiro atoms. The predicted octanol–water partition coefficient (Wildman–Crippen LogP) is 3.04. The molecular formula is C20H24N2O4S. The second kappa shape index (κ2) is 8.90. The zero-order valence-corrected chi connectivity index (χ0v) is 16.4. The van der Waals surface area contributed by atoms with Crippen LogP contribution in [0.2, 0.25) is 0 Å². The van der Waals surface area contributed by atoms with Crippen LogP contribution in [-0.2, 0) is 24.1 Å². The van der Waals surface area contributed by atoms with Crippen molar-refractivity contribution in [1.82, 2.24) is 10.9 Å².